The normalized spacial score (nSPS) is 16.6. The molecule has 1 aromatic rings. The summed E-state index contributed by atoms with van der Waals surface area (Å²) in [6.45, 7) is 10.9. The first-order chi connectivity index (χ1) is 9.49. The van der Waals surface area contributed by atoms with Crippen molar-refractivity contribution in [2.75, 3.05) is 19.6 Å². The highest BCUT2D eigenvalue weighted by Gasteiger charge is 2.26. The van der Waals surface area contributed by atoms with E-state index in [1.54, 1.807) is 0 Å². The van der Waals surface area contributed by atoms with Crippen LogP contribution in [0.2, 0.25) is 0 Å². The molecule has 0 aliphatic carbocycles. The number of nitrogens with one attached hydrogen (secondary N) is 1. The molecule has 1 aliphatic heterocycles. The van der Waals surface area contributed by atoms with E-state index in [-0.39, 0.29) is 11.9 Å². The Morgan fingerprint density at radius 3 is 2.55 bits per heavy atom. The van der Waals surface area contributed by atoms with Gasteiger partial charge in [-0.2, -0.15) is 0 Å². The highest BCUT2D eigenvalue weighted by atomic mass is 16.3. The second-order valence-electron chi connectivity index (χ2n) is 6.07. The van der Waals surface area contributed by atoms with E-state index in [0.29, 0.717) is 11.5 Å². The minimum absolute atomic E-state index is 0.105. The van der Waals surface area contributed by atoms with Gasteiger partial charge >= 0.3 is 0 Å². The lowest BCUT2D eigenvalue weighted by atomic mass is 9.96. The molecule has 0 bridgehead atoms. The number of amides is 1. The molecule has 1 N–H and O–H groups in total. The lowest BCUT2D eigenvalue weighted by Gasteiger charge is -2.32. The van der Waals surface area contributed by atoms with E-state index in [9.17, 15) is 4.79 Å². The van der Waals surface area contributed by atoms with Crippen molar-refractivity contribution >= 4 is 5.91 Å². The van der Waals surface area contributed by atoms with Crippen LogP contribution in [0.4, 0.5) is 0 Å². The highest BCUT2D eigenvalue weighted by molar-refractivity contribution is 5.95. The predicted molar refractivity (Wildman–Crippen MR) is 79.9 cm³/mol. The molecule has 112 valence electrons. The van der Waals surface area contributed by atoms with Gasteiger partial charge in [0.15, 0.2) is 0 Å². The molecule has 2 heterocycles. The number of piperidine rings is 1. The third-order valence-electron chi connectivity index (χ3n) is 4.07. The molecule has 2 rings (SSSR count). The molecule has 1 aromatic heterocycles. The molecular weight excluding hydrogens is 252 g/mol. The topological polar surface area (TPSA) is 45.5 Å². The van der Waals surface area contributed by atoms with Crippen molar-refractivity contribution < 1.29 is 9.21 Å². The van der Waals surface area contributed by atoms with E-state index in [1.807, 2.05) is 24.8 Å². The average molecular weight is 278 g/mol. The van der Waals surface area contributed by atoms with Crippen LogP contribution in [0.25, 0.3) is 0 Å². The molecule has 1 aliphatic rings. The van der Waals surface area contributed by atoms with Crippen LogP contribution in [0.5, 0.6) is 0 Å². The number of hydrogen-bond donors (Lipinski definition) is 1. The summed E-state index contributed by atoms with van der Waals surface area (Å²) in [7, 11) is 0. The standard InChI is InChI=1S/C16H26N2O2/c1-11(2)18(10-14-5-7-17-8-6-14)16(19)15-9-12(3)20-13(15)4/h9,11,14,17H,5-8,10H2,1-4H3. The van der Waals surface area contributed by atoms with Crippen molar-refractivity contribution in [3.8, 4) is 0 Å². The van der Waals surface area contributed by atoms with E-state index >= 15 is 0 Å². The zero-order chi connectivity index (χ0) is 14.7. The second kappa shape index (κ2) is 6.44. The van der Waals surface area contributed by atoms with E-state index in [4.69, 9.17) is 4.42 Å². The lowest BCUT2D eigenvalue weighted by Crippen LogP contribution is -2.43. The van der Waals surface area contributed by atoms with Gasteiger partial charge < -0.3 is 14.6 Å². The fourth-order valence-electron chi connectivity index (χ4n) is 2.87. The van der Waals surface area contributed by atoms with Gasteiger partial charge in [0, 0.05) is 12.6 Å². The molecule has 0 atom stereocenters. The zero-order valence-corrected chi connectivity index (χ0v) is 13.0. The number of hydrogen-bond acceptors (Lipinski definition) is 3. The summed E-state index contributed by atoms with van der Waals surface area (Å²) in [5, 5.41) is 3.37. The Hall–Kier alpha value is -1.29. The fourth-order valence-corrected chi connectivity index (χ4v) is 2.87. The van der Waals surface area contributed by atoms with Crippen molar-refractivity contribution in [1.82, 2.24) is 10.2 Å². The van der Waals surface area contributed by atoms with Crippen LogP contribution < -0.4 is 5.32 Å². The summed E-state index contributed by atoms with van der Waals surface area (Å²) in [6.07, 6.45) is 2.31. The molecule has 1 amide bonds. The molecule has 0 radical (unpaired) electrons. The maximum absolute atomic E-state index is 12.7. The Morgan fingerprint density at radius 2 is 2.05 bits per heavy atom. The quantitative estimate of drug-likeness (QED) is 0.921. The Kier molecular flexibility index (Phi) is 4.86. The minimum Gasteiger partial charge on any atom is -0.466 e. The van der Waals surface area contributed by atoms with Crippen molar-refractivity contribution in [1.29, 1.82) is 0 Å². The average Bonchev–Trinajstić information content (AvgIpc) is 2.75. The summed E-state index contributed by atoms with van der Waals surface area (Å²) in [5.41, 5.74) is 0.713. The molecule has 0 saturated carbocycles. The third-order valence-corrected chi connectivity index (χ3v) is 4.07. The summed E-state index contributed by atoms with van der Waals surface area (Å²) >= 11 is 0. The van der Waals surface area contributed by atoms with Gasteiger partial charge in [-0.3, -0.25) is 4.79 Å². The third kappa shape index (κ3) is 3.42. The van der Waals surface area contributed by atoms with Crippen LogP contribution in [0, 0.1) is 19.8 Å². The molecule has 4 nitrogen and oxygen atoms in total. The zero-order valence-electron chi connectivity index (χ0n) is 13.0. The van der Waals surface area contributed by atoms with Crippen LogP contribution in [0.1, 0.15) is 48.6 Å². The first kappa shape index (κ1) is 15.1. The smallest absolute Gasteiger partial charge is 0.257 e. The Morgan fingerprint density at radius 1 is 1.40 bits per heavy atom. The van der Waals surface area contributed by atoms with Crippen molar-refractivity contribution in [2.24, 2.45) is 5.92 Å². The maximum atomic E-state index is 12.7. The van der Waals surface area contributed by atoms with E-state index in [2.05, 4.69) is 19.2 Å². The monoisotopic (exact) mass is 278 g/mol. The molecule has 0 unspecified atom stereocenters. The molecule has 1 fully saturated rings. The second-order valence-corrected chi connectivity index (χ2v) is 6.07. The summed E-state index contributed by atoms with van der Waals surface area (Å²) in [4.78, 5) is 14.7. The van der Waals surface area contributed by atoms with Crippen molar-refractivity contribution in [3.63, 3.8) is 0 Å². The predicted octanol–water partition coefficient (Wildman–Crippen LogP) is 2.75. The Labute approximate surface area is 121 Å². The Balaban J connectivity index is 2.11. The van der Waals surface area contributed by atoms with Gasteiger partial charge in [0.1, 0.15) is 11.5 Å². The first-order valence-corrected chi connectivity index (χ1v) is 7.57. The molecule has 20 heavy (non-hydrogen) atoms. The van der Waals surface area contributed by atoms with Gasteiger partial charge in [0.2, 0.25) is 0 Å². The summed E-state index contributed by atoms with van der Waals surface area (Å²) in [6, 6.07) is 2.07. The van der Waals surface area contributed by atoms with Gasteiger partial charge in [-0.15, -0.1) is 0 Å². The SMILES string of the molecule is Cc1cc(C(=O)N(CC2CCNCC2)C(C)C)c(C)o1. The number of aryl methyl sites for hydroxylation is 2. The Bertz CT molecular complexity index is 459. The number of nitrogens with zero attached hydrogens (tertiary/aromatic N) is 1. The van der Waals surface area contributed by atoms with E-state index < -0.39 is 0 Å². The molecule has 0 spiro atoms. The fraction of sp³-hybridized carbons (Fsp3) is 0.688. The van der Waals surface area contributed by atoms with Crippen LogP contribution in [0.15, 0.2) is 10.5 Å². The first-order valence-electron chi connectivity index (χ1n) is 7.57. The number of carbonyl (C=O) groups excluding carboxylic acids is 1. The number of carbonyl (C=O) groups is 1. The van der Waals surface area contributed by atoms with Gasteiger partial charge in [0.25, 0.3) is 5.91 Å². The number of rotatable bonds is 4. The van der Waals surface area contributed by atoms with Crippen molar-refractivity contribution in [2.45, 2.75) is 46.6 Å². The molecule has 1 saturated heterocycles. The maximum Gasteiger partial charge on any atom is 0.257 e. The van der Waals surface area contributed by atoms with Gasteiger partial charge in [-0.05, 0) is 65.6 Å². The van der Waals surface area contributed by atoms with Gasteiger partial charge in [0.05, 0.1) is 5.56 Å². The van der Waals surface area contributed by atoms with E-state index in [0.717, 1.165) is 44.0 Å². The number of furan rings is 1. The summed E-state index contributed by atoms with van der Waals surface area (Å²) in [5.74, 6) is 2.24. The van der Waals surface area contributed by atoms with Crippen LogP contribution in [0.3, 0.4) is 0 Å². The van der Waals surface area contributed by atoms with Gasteiger partial charge in [-0.1, -0.05) is 0 Å². The van der Waals surface area contributed by atoms with Crippen LogP contribution >= 0.6 is 0 Å². The molecule has 4 heteroatoms. The molecule has 0 aromatic carbocycles. The summed E-state index contributed by atoms with van der Waals surface area (Å²) < 4.78 is 5.50. The van der Waals surface area contributed by atoms with Gasteiger partial charge in [-0.25, -0.2) is 0 Å². The molecular formula is C16H26N2O2. The lowest BCUT2D eigenvalue weighted by molar-refractivity contribution is 0.0656. The largest absolute Gasteiger partial charge is 0.466 e. The van der Waals surface area contributed by atoms with Crippen LogP contribution in [-0.4, -0.2) is 36.5 Å². The van der Waals surface area contributed by atoms with Crippen molar-refractivity contribution in [3.05, 3.63) is 23.2 Å². The van der Waals surface area contributed by atoms with E-state index in [1.165, 1.54) is 0 Å². The minimum atomic E-state index is 0.105. The highest BCUT2D eigenvalue weighted by Crippen LogP contribution is 2.20. The van der Waals surface area contributed by atoms with Crippen LogP contribution in [-0.2, 0) is 0 Å².